The summed E-state index contributed by atoms with van der Waals surface area (Å²) >= 11 is 0. The molecule has 1 aliphatic rings. The minimum Gasteiger partial charge on any atom is -0.480 e. The second kappa shape index (κ2) is 7.58. The van der Waals surface area contributed by atoms with E-state index in [1.165, 1.54) is 0 Å². The summed E-state index contributed by atoms with van der Waals surface area (Å²) in [6.45, 7) is 3.59. The lowest BCUT2D eigenvalue weighted by Gasteiger charge is -2.20. The number of carboxylic acids is 1. The molecule has 0 aliphatic carbocycles. The number of benzene rings is 1. The Bertz CT molecular complexity index is 693. The minimum atomic E-state index is -1.15. The Balaban J connectivity index is 2.08. The van der Waals surface area contributed by atoms with Gasteiger partial charge in [0.15, 0.2) is 0 Å². The van der Waals surface area contributed by atoms with Crippen LogP contribution in [0.2, 0.25) is 0 Å². The zero-order chi connectivity index (χ0) is 18.7. The Morgan fingerprint density at radius 3 is 2.60 bits per heavy atom. The highest BCUT2D eigenvalue weighted by molar-refractivity contribution is 6.00. The summed E-state index contributed by atoms with van der Waals surface area (Å²) < 4.78 is 26.8. The molecule has 2 N–H and O–H groups in total. The van der Waals surface area contributed by atoms with E-state index in [4.69, 9.17) is 0 Å². The van der Waals surface area contributed by atoms with Gasteiger partial charge in [-0.25, -0.2) is 13.6 Å². The Hall–Kier alpha value is -2.51. The van der Waals surface area contributed by atoms with E-state index >= 15 is 0 Å². The summed E-state index contributed by atoms with van der Waals surface area (Å²) in [5.74, 6) is -4.55. The summed E-state index contributed by atoms with van der Waals surface area (Å²) in [6.07, 6.45) is 0.106. The van der Waals surface area contributed by atoms with Crippen LogP contribution in [0.1, 0.15) is 26.7 Å². The number of rotatable bonds is 6. The highest BCUT2D eigenvalue weighted by Crippen LogP contribution is 2.28. The maximum absolute atomic E-state index is 13.9. The molecule has 136 valence electrons. The van der Waals surface area contributed by atoms with Crippen molar-refractivity contribution in [2.75, 3.05) is 11.4 Å². The molecule has 1 aliphatic heterocycles. The third kappa shape index (κ3) is 4.52. The molecule has 8 heteroatoms. The Kier molecular flexibility index (Phi) is 5.71. The van der Waals surface area contributed by atoms with Gasteiger partial charge in [0.1, 0.15) is 17.7 Å². The molecule has 0 aromatic heterocycles. The third-order valence-corrected chi connectivity index (χ3v) is 4.02. The van der Waals surface area contributed by atoms with Crippen LogP contribution in [-0.4, -0.2) is 35.5 Å². The predicted octanol–water partition coefficient (Wildman–Crippen LogP) is 1.93. The van der Waals surface area contributed by atoms with Crippen LogP contribution < -0.4 is 10.2 Å². The van der Waals surface area contributed by atoms with Crippen molar-refractivity contribution in [3.05, 3.63) is 29.8 Å². The first-order valence-electron chi connectivity index (χ1n) is 7.97. The van der Waals surface area contributed by atoms with Gasteiger partial charge >= 0.3 is 5.97 Å². The molecule has 1 aromatic rings. The van der Waals surface area contributed by atoms with Crippen LogP contribution in [0, 0.1) is 23.5 Å². The molecule has 25 heavy (non-hydrogen) atoms. The van der Waals surface area contributed by atoms with E-state index in [9.17, 15) is 28.3 Å². The average molecular weight is 354 g/mol. The zero-order valence-electron chi connectivity index (χ0n) is 14.0. The van der Waals surface area contributed by atoms with Crippen molar-refractivity contribution in [2.24, 2.45) is 11.8 Å². The molecule has 2 rings (SSSR count). The summed E-state index contributed by atoms with van der Waals surface area (Å²) in [5.41, 5.74) is -0.0985. The van der Waals surface area contributed by atoms with Crippen molar-refractivity contribution < 1.29 is 28.3 Å². The van der Waals surface area contributed by atoms with Gasteiger partial charge in [-0.1, -0.05) is 13.8 Å². The molecule has 2 atom stereocenters. The molecule has 1 saturated heterocycles. The van der Waals surface area contributed by atoms with Crippen molar-refractivity contribution in [3.63, 3.8) is 0 Å². The number of aliphatic carboxylic acids is 1. The first-order valence-corrected chi connectivity index (χ1v) is 7.97. The van der Waals surface area contributed by atoms with Crippen molar-refractivity contribution in [1.29, 1.82) is 0 Å². The number of nitrogens with zero attached hydrogens (tertiary/aromatic N) is 1. The summed E-state index contributed by atoms with van der Waals surface area (Å²) in [6, 6.07) is 1.79. The molecular formula is C17H20F2N2O4. The van der Waals surface area contributed by atoms with Crippen molar-refractivity contribution >= 4 is 23.5 Å². The number of carboxylic acid groups (broad SMARTS) is 1. The standard InChI is InChI=1S/C17H20F2N2O4/c1-9(2)5-13(17(24)25)20-16(23)10-6-15(22)21(8-10)14-4-3-11(18)7-12(14)19/h3-4,7,9-10,13H,5-6,8H2,1-2H3,(H,20,23)(H,24,25)/t10?,13-/m0/s1. The maximum atomic E-state index is 13.9. The quantitative estimate of drug-likeness (QED) is 0.817. The van der Waals surface area contributed by atoms with Crippen LogP contribution in [0.4, 0.5) is 14.5 Å². The van der Waals surface area contributed by atoms with E-state index < -0.39 is 41.4 Å². The molecule has 0 bridgehead atoms. The van der Waals surface area contributed by atoms with Crippen LogP contribution in [0.25, 0.3) is 0 Å². The van der Waals surface area contributed by atoms with Gasteiger partial charge in [0.25, 0.3) is 0 Å². The molecule has 1 heterocycles. The van der Waals surface area contributed by atoms with Crippen LogP contribution in [-0.2, 0) is 14.4 Å². The van der Waals surface area contributed by atoms with Crippen LogP contribution in [0.5, 0.6) is 0 Å². The molecule has 1 fully saturated rings. The fourth-order valence-corrected chi connectivity index (χ4v) is 2.80. The monoisotopic (exact) mass is 354 g/mol. The molecule has 1 aromatic carbocycles. The number of hydrogen-bond donors (Lipinski definition) is 2. The van der Waals surface area contributed by atoms with Gasteiger partial charge in [-0.3, -0.25) is 9.59 Å². The number of hydrogen-bond acceptors (Lipinski definition) is 3. The van der Waals surface area contributed by atoms with Gasteiger partial charge in [0, 0.05) is 19.0 Å². The van der Waals surface area contributed by atoms with Crippen LogP contribution >= 0.6 is 0 Å². The van der Waals surface area contributed by atoms with E-state index in [2.05, 4.69) is 5.32 Å². The van der Waals surface area contributed by atoms with Gasteiger partial charge in [0.05, 0.1) is 11.6 Å². The Morgan fingerprint density at radius 1 is 1.36 bits per heavy atom. The summed E-state index contributed by atoms with van der Waals surface area (Å²) in [7, 11) is 0. The van der Waals surface area contributed by atoms with Crippen LogP contribution in [0.3, 0.4) is 0 Å². The second-order valence-corrected chi connectivity index (χ2v) is 6.53. The number of carbonyl (C=O) groups is 3. The van der Waals surface area contributed by atoms with E-state index in [0.717, 1.165) is 17.0 Å². The first-order chi connectivity index (χ1) is 11.7. The highest BCUT2D eigenvalue weighted by Gasteiger charge is 2.37. The second-order valence-electron chi connectivity index (χ2n) is 6.53. The molecular weight excluding hydrogens is 334 g/mol. The fraction of sp³-hybridized carbons (Fsp3) is 0.471. The number of anilines is 1. The van der Waals surface area contributed by atoms with Gasteiger partial charge in [-0.05, 0) is 24.5 Å². The van der Waals surface area contributed by atoms with E-state index in [-0.39, 0.29) is 31.0 Å². The number of carbonyl (C=O) groups excluding carboxylic acids is 2. The van der Waals surface area contributed by atoms with Crippen molar-refractivity contribution in [3.8, 4) is 0 Å². The SMILES string of the molecule is CC(C)C[C@H](NC(=O)C1CC(=O)N(c2ccc(F)cc2F)C1)C(=O)O. The van der Waals surface area contributed by atoms with E-state index in [0.29, 0.717) is 6.07 Å². The number of nitrogens with one attached hydrogen (secondary N) is 1. The molecule has 1 unspecified atom stereocenters. The summed E-state index contributed by atoms with van der Waals surface area (Å²) in [4.78, 5) is 36.7. The molecule has 6 nitrogen and oxygen atoms in total. The first kappa shape index (κ1) is 18.8. The molecule has 0 saturated carbocycles. The molecule has 2 amide bonds. The molecule has 0 radical (unpaired) electrons. The normalized spacial score (nSPS) is 18.5. The number of amides is 2. The predicted molar refractivity (Wildman–Crippen MR) is 85.8 cm³/mol. The Morgan fingerprint density at radius 2 is 2.04 bits per heavy atom. The van der Waals surface area contributed by atoms with E-state index in [1.54, 1.807) is 0 Å². The third-order valence-electron chi connectivity index (χ3n) is 4.02. The van der Waals surface area contributed by atoms with Crippen molar-refractivity contribution in [2.45, 2.75) is 32.7 Å². The minimum absolute atomic E-state index is 0.0661. The lowest BCUT2D eigenvalue weighted by atomic mass is 10.0. The Labute approximate surface area is 143 Å². The topological polar surface area (TPSA) is 86.7 Å². The van der Waals surface area contributed by atoms with Crippen LogP contribution in [0.15, 0.2) is 18.2 Å². The molecule has 0 spiro atoms. The average Bonchev–Trinajstić information content (AvgIpc) is 2.88. The highest BCUT2D eigenvalue weighted by atomic mass is 19.1. The summed E-state index contributed by atoms with van der Waals surface area (Å²) in [5, 5.41) is 11.6. The van der Waals surface area contributed by atoms with Crippen molar-refractivity contribution in [1.82, 2.24) is 5.32 Å². The lowest BCUT2D eigenvalue weighted by molar-refractivity contribution is -0.142. The van der Waals surface area contributed by atoms with Gasteiger partial charge in [-0.15, -0.1) is 0 Å². The lowest BCUT2D eigenvalue weighted by Crippen LogP contribution is -2.44. The number of halogens is 2. The fourth-order valence-electron chi connectivity index (χ4n) is 2.80. The smallest absolute Gasteiger partial charge is 0.326 e. The largest absolute Gasteiger partial charge is 0.480 e. The zero-order valence-corrected chi connectivity index (χ0v) is 14.0. The van der Waals surface area contributed by atoms with Gasteiger partial charge in [0.2, 0.25) is 11.8 Å². The van der Waals surface area contributed by atoms with Gasteiger partial charge in [-0.2, -0.15) is 0 Å². The maximum Gasteiger partial charge on any atom is 0.326 e. The van der Waals surface area contributed by atoms with E-state index in [1.807, 2.05) is 13.8 Å². The van der Waals surface area contributed by atoms with Gasteiger partial charge < -0.3 is 15.3 Å².